The lowest BCUT2D eigenvalue weighted by atomic mass is 10.1. The summed E-state index contributed by atoms with van der Waals surface area (Å²) in [6.45, 7) is -0.505. The molecular formula is C18H13NO7S2. The van der Waals surface area contributed by atoms with Gasteiger partial charge in [0.25, 0.3) is 5.91 Å². The van der Waals surface area contributed by atoms with Gasteiger partial charge in [-0.3, -0.25) is 14.5 Å². The van der Waals surface area contributed by atoms with Gasteiger partial charge in [0.2, 0.25) is 0 Å². The van der Waals surface area contributed by atoms with Crippen LogP contribution in [0.3, 0.4) is 0 Å². The molecule has 1 saturated heterocycles. The first-order valence-corrected chi connectivity index (χ1v) is 9.01. The summed E-state index contributed by atoms with van der Waals surface area (Å²) in [5, 5.41) is 18.6. The molecule has 0 bridgehead atoms. The molecule has 1 aromatic heterocycles. The summed E-state index contributed by atoms with van der Waals surface area (Å²) in [5.41, 5.74) is 0.517. The molecule has 1 amide bonds. The van der Waals surface area contributed by atoms with Crippen molar-refractivity contribution in [3.63, 3.8) is 0 Å². The van der Waals surface area contributed by atoms with Gasteiger partial charge in [-0.05, 0) is 30.3 Å². The van der Waals surface area contributed by atoms with Crippen LogP contribution >= 0.6 is 24.0 Å². The van der Waals surface area contributed by atoms with E-state index in [1.54, 1.807) is 18.2 Å². The van der Waals surface area contributed by atoms with Gasteiger partial charge >= 0.3 is 11.9 Å². The molecule has 28 heavy (non-hydrogen) atoms. The Morgan fingerprint density at radius 1 is 1.32 bits per heavy atom. The number of carbonyl (C=O) groups excluding carboxylic acids is 2. The summed E-state index contributed by atoms with van der Waals surface area (Å²) in [5.74, 6) is -1.83. The Labute approximate surface area is 168 Å². The van der Waals surface area contributed by atoms with E-state index in [1.807, 2.05) is 0 Å². The first-order valence-electron chi connectivity index (χ1n) is 7.79. The third kappa shape index (κ3) is 3.92. The van der Waals surface area contributed by atoms with Gasteiger partial charge in [0.15, 0.2) is 0 Å². The lowest BCUT2D eigenvalue weighted by molar-refractivity contribution is -0.140. The van der Waals surface area contributed by atoms with Crippen molar-refractivity contribution in [2.75, 3.05) is 13.7 Å². The molecule has 0 spiro atoms. The second-order valence-corrected chi connectivity index (χ2v) is 7.26. The number of carboxylic acids is 1. The Hall–Kier alpha value is -3.11. The predicted molar refractivity (Wildman–Crippen MR) is 105 cm³/mol. The molecule has 2 aromatic rings. The van der Waals surface area contributed by atoms with Crippen molar-refractivity contribution in [1.82, 2.24) is 4.90 Å². The zero-order chi connectivity index (χ0) is 20.4. The second kappa shape index (κ2) is 7.87. The molecule has 2 N–H and O–H groups in total. The van der Waals surface area contributed by atoms with E-state index in [4.69, 9.17) is 21.7 Å². The number of thioether (sulfide) groups is 1. The number of hydrogen-bond donors (Lipinski definition) is 2. The highest BCUT2D eigenvalue weighted by Crippen LogP contribution is 2.34. The van der Waals surface area contributed by atoms with Crippen molar-refractivity contribution in [3.8, 4) is 17.1 Å². The molecular weight excluding hydrogens is 406 g/mol. The summed E-state index contributed by atoms with van der Waals surface area (Å²) in [6, 6.07) is 7.59. The van der Waals surface area contributed by atoms with E-state index in [2.05, 4.69) is 4.74 Å². The standard InChI is InChI=1S/C18H13NO7S2/c1-25-17(24)11-6-9(2-4-12(11)20)13-5-3-10(26-13)7-14-16(23)19(8-15(21)22)18(27)28-14/h2-7,20H,8H2,1H3,(H,21,22)/b14-7-. The molecule has 1 aromatic carbocycles. The van der Waals surface area contributed by atoms with E-state index < -0.39 is 24.4 Å². The Morgan fingerprint density at radius 3 is 2.75 bits per heavy atom. The number of benzene rings is 1. The van der Waals surface area contributed by atoms with E-state index in [9.17, 15) is 19.5 Å². The maximum Gasteiger partial charge on any atom is 0.341 e. The third-order valence-electron chi connectivity index (χ3n) is 3.75. The number of phenols is 1. The molecule has 0 saturated carbocycles. The quantitative estimate of drug-likeness (QED) is 0.428. The van der Waals surface area contributed by atoms with Gasteiger partial charge < -0.3 is 19.4 Å². The summed E-state index contributed by atoms with van der Waals surface area (Å²) in [7, 11) is 1.21. The Balaban J connectivity index is 1.86. The maximum atomic E-state index is 12.3. The van der Waals surface area contributed by atoms with Crippen molar-refractivity contribution in [2.45, 2.75) is 0 Å². The van der Waals surface area contributed by atoms with Crippen molar-refractivity contribution in [2.24, 2.45) is 0 Å². The molecule has 0 atom stereocenters. The molecule has 2 heterocycles. The number of carboxylic acid groups (broad SMARTS) is 1. The highest BCUT2D eigenvalue weighted by Gasteiger charge is 2.33. The van der Waals surface area contributed by atoms with Crippen molar-refractivity contribution >= 4 is 52.2 Å². The number of furan rings is 1. The molecule has 1 aliphatic rings. The number of aromatic hydroxyl groups is 1. The van der Waals surface area contributed by atoms with Gasteiger partial charge in [-0.25, -0.2) is 4.79 Å². The number of ether oxygens (including phenoxy) is 1. The molecule has 10 heteroatoms. The molecule has 1 aliphatic heterocycles. The van der Waals surface area contributed by atoms with Crippen LogP contribution in [0.25, 0.3) is 17.4 Å². The monoisotopic (exact) mass is 419 g/mol. The number of rotatable bonds is 5. The van der Waals surface area contributed by atoms with E-state index >= 15 is 0 Å². The normalized spacial score (nSPS) is 15.3. The molecule has 0 radical (unpaired) electrons. The summed E-state index contributed by atoms with van der Waals surface area (Å²) >= 11 is 6.03. The van der Waals surface area contributed by atoms with E-state index in [1.165, 1.54) is 25.3 Å². The average Bonchev–Trinajstić information content (AvgIpc) is 3.22. The van der Waals surface area contributed by atoms with Crippen LogP contribution in [0.1, 0.15) is 16.1 Å². The molecule has 0 unspecified atom stereocenters. The number of carbonyl (C=O) groups is 3. The average molecular weight is 419 g/mol. The van der Waals surface area contributed by atoms with Crippen molar-refractivity contribution in [3.05, 3.63) is 46.6 Å². The van der Waals surface area contributed by atoms with Crippen LogP contribution in [0.5, 0.6) is 5.75 Å². The zero-order valence-electron chi connectivity index (χ0n) is 14.4. The van der Waals surface area contributed by atoms with Crippen LogP contribution < -0.4 is 0 Å². The van der Waals surface area contributed by atoms with Crippen LogP contribution in [-0.2, 0) is 14.3 Å². The first-order chi connectivity index (χ1) is 13.3. The first kappa shape index (κ1) is 19.6. The topological polar surface area (TPSA) is 117 Å². The van der Waals surface area contributed by atoms with Gasteiger partial charge in [-0.2, -0.15) is 0 Å². The van der Waals surface area contributed by atoms with E-state index in [-0.39, 0.29) is 20.5 Å². The van der Waals surface area contributed by atoms with Crippen LogP contribution in [0.4, 0.5) is 0 Å². The largest absolute Gasteiger partial charge is 0.507 e. The Bertz CT molecular complexity index is 1020. The number of amides is 1. The van der Waals surface area contributed by atoms with Crippen LogP contribution in [-0.4, -0.2) is 50.9 Å². The molecule has 144 valence electrons. The number of hydrogen-bond acceptors (Lipinski definition) is 8. The SMILES string of the molecule is COC(=O)c1cc(-c2ccc(/C=C3\SC(=S)N(CC(=O)O)C3=O)o2)ccc1O. The van der Waals surface area contributed by atoms with Crippen LogP contribution in [0.15, 0.2) is 39.7 Å². The summed E-state index contributed by atoms with van der Waals surface area (Å²) in [6.07, 6.45) is 1.46. The minimum atomic E-state index is -1.16. The zero-order valence-corrected chi connectivity index (χ0v) is 16.0. The molecule has 3 rings (SSSR count). The number of methoxy groups -OCH3 is 1. The maximum absolute atomic E-state index is 12.3. The minimum Gasteiger partial charge on any atom is -0.507 e. The van der Waals surface area contributed by atoms with E-state index in [0.717, 1.165) is 16.7 Å². The number of thiocarbonyl (C=S) groups is 1. The Morgan fingerprint density at radius 2 is 2.07 bits per heavy atom. The van der Waals surface area contributed by atoms with Gasteiger partial charge in [-0.1, -0.05) is 24.0 Å². The van der Waals surface area contributed by atoms with Crippen molar-refractivity contribution < 1.29 is 33.8 Å². The highest BCUT2D eigenvalue weighted by molar-refractivity contribution is 8.26. The fraction of sp³-hybridized carbons (Fsp3) is 0.111. The van der Waals surface area contributed by atoms with Crippen LogP contribution in [0.2, 0.25) is 0 Å². The predicted octanol–water partition coefficient (Wildman–Crippen LogP) is 2.72. The second-order valence-electron chi connectivity index (χ2n) is 5.59. The van der Waals surface area contributed by atoms with Gasteiger partial charge in [0.05, 0.1) is 12.0 Å². The lowest BCUT2D eigenvalue weighted by Crippen LogP contribution is -2.33. The summed E-state index contributed by atoms with van der Waals surface area (Å²) in [4.78, 5) is 36.1. The minimum absolute atomic E-state index is 0.00695. The van der Waals surface area contributed by atoms with Gasteiger partial charge in [0, 0.05) is 11.6 Å². The number of aliphatic carboxylic acids is 1. The number of nitrogens with zero attached hydrogens (tertiary/aromatic N) is 1. The molecule has 1 fully saturated rings. The molecule has 8 nitrogen and oxygen atoms in total. The number of phenolic OH excluding ortho intramolecular Hbond substituents is 1. The number of esters is 1. The Kier molecular flexibility index (Phi) is 5.52. The third-order valence-corrected chi connectivity index (χ3v) is 5.13. The van der Waals surface area contributed by atoms with Gasteiger partial charge in [-0.15, -0.1) is 0 Å². The van der Waals surface area contributed by atoms with Crippen molar-refractivity contribution in [1.29, 1.82) is 0 Å². The lowest BCUT2D eigenvalue weighted by Gasteiger charge is -2.09. The highest BCUT2D eigenvalue weighted by atomic mass is 32.2. The summed E-state index contributed by atoms with van der Waals surface area (Å²) < 4.78 is 10.5. The molecule has 0 aliphatic carbocycles. The fourth-order valence-corrected chi connectivity index (χ4v) is 3.68. The smallest absolute Gasteiger partial charge is 0.341 e. The van der Waals surface area contributed by atoms with Gasteiger partial charge in [0.1, 0.15) is 33.7 Å². The van der Waals surface area contributed by atoms with Crippen LogP contribution in [0, 0.1) is 0 Å². The fourth-order valence-electron chi connectivity index (χ4n) is 2.45. The van der Waals surface area contributed by atoms with E-state index in [0.29, 0.717) is 17.1 Å².